The van der Waals surface area contributed by atoms with Gasteiger partial charge >= 0.3 is 0 Å². The predicted octanol–water partition coefficient (Wildman–Crippen LogP) is 3.37. The van der Waals surface area contributed by atoms with E-state index in [1.54, 1.807) is 11.3 Å². The number of hydrogen-bond donors (Lipinski definition) is 3. The molecule has 0 radical (unpaired) electrons. The van der Waals surface area contributed by atoms with E-state index < -0.39 is 0 Å². The van der Waals surface area contributed by atoms with Crippen LogP contribution in [-0.4, -0.2) is 36.5 Å². The molecule has 1 aromatic heterocycles. The van der Waals surface area contributed by atoms with Gasteiger partial charge in [0.1, 0.15) is 0 Å². The van der Waals surface area contributed by atoms with Gasteiger partial charge in [-0.25, -0.2) is 4.98 Å². The lowest BCUT2D eigenvalue weighted by Gasteiger charge is -2.11. The number of rotatable bonds is 8. The molecule has 0 saturated heterocycles. The van der Waals surface area contributed by atoms with Crippen LogP contribution in [0.5, 0.6) is 0 Å². The molecule has 0 fully saturated rings. The van der Waals surface area contributed by atoms with E-state index in [0.717, 1.165) is 42.6 Å². The molecule has 0 spiro atoms. The highest BCUT2D eigenvalue weighted by Crippen LogP contribution is 2.11. The maximum Gasteiger partial charge on any atom is 0.221 e. The molecule has 0 unspecified atom stereocenters. The third kappa shape index (κ3) is 9.18. The number of carbonyl (C=O) groups is 1. The highest BCUT2D eigenvalue weighted by molar-refractivity contribution is 14.0. The second-order valence-electron chi connectivity index (χ2n) is 5.93. The topological polar surface area (TPSA) is 78.4 Å². The van der Waals surface area contributed by atoms with Gasteiger partial charge in [-0.2, -0.15) is 0 Å². The molecule has 8 heteroatoms. The second kappa shape index (κ2) is 12.7. The fraction of sp³-hybridized carbons (Fsp3) is 0.421. The minimum absolute atomic E-state index is 0. The van der Waals surface area contributed by atoms with Gasteiger partial charge in [0.25, 0.3) is 0 Å². The third-order valence-electron chi connectivity index (χ3n) is 3.59. The quantitative estimate of drug-likeness (QED) is 0.295. The zero-order chi connectivity index (χ0) is 18.8. The van der Waals surface area contributed by atoms with Gasteiger partial charge in [-0.3, -0.25) is 9.79 Å². The molecule has 6 nitrogen and oxygen atoms in total. The number of hydrogen-bond acceptors (Lipinski definition) is 4. The van der Waals surface area contributed by atoms with E-state index in [1.165, 1.54) is 17.4 Å². The number of aliphatic imine (C=N–C) groups is 1. The maximum absolute atomic E-state index is 11.0. The molecule has 1 amide bonds. The molecule has 0 saturated carbocycles. The molecule has 0 aliphatic carbocycles. The Labute approximate surface area is 182 Å². The molecular formula is C19H28IN5OS. The second-order valence-corrected chi connectivity index (χ2v) is 7.25. The largest absolute Gasteiger partial charge is 0.357 e. The van der Waals surface area contributed by atoms with Crippen LogP contribution >= 0.6 is 35.3 Å². The van der Waals surface area contributed by atoms with Crippen LogP contribution in [0, 0.1) is 6.92 Å². The lowest BCUT2D eigenvalue weighted by molar-refractivity contribution is -0.114. The Morgan fingerprint density at radius 1 is 1.19 bits per heavy atom. The Kier molecular flexibility index (Phi) is 11.0. The molecule has 1 aromatic carbocycles. The fourth-order valence-corrected chi connectivity index (χ4v) is 3.18. The number of anilines is 1. The van der Waals surface area contributed by atoms with E-state index in [-0.39, 0.29) is 29.9 Å². The molecule has 2 rings (SSSR count). The van der Waals surface area contributed by atoms with Gasteiger partial charge < -0.3 is 16.0 Å². The van der Waals surface area contributed by atoms with Crippen LogP contribution in [0.15, 0.2) is 35.5 Å². The number of nitrogens with zero attached hydrogens (tertiary/aromatic N) is 2. The lowest BCUT2D eigenvalue weighted by atomic mass is 10.1. The maximum atomic E-state index is 11.0. The minimum Gasteiger partial charge on any atom is -0.357 e. The Balaban J connectivity index is 0.00000364. The standard InChI is InChI=1S/C19H27N5OS.HI/c1-4-20-19(22-12-10-18-23-13-14(2)26-18)21-11-9-16-5-7-17(8-6-16)24-15(3)25;/h5-8,13H,4,9-12H2,1-3H3,(H,24,25)(H2,20,21,22);1H. The van der Waals surface area contributed by atoms with Gasteiger partial charge in [-0.15, -0.1) is 35.3 Å². The van der Waals surface area contributed by atoms with E-state index in [9.17, 15) is 4.79 Å². The SMILES string of the molecule is CCNC(=NCCc1ncc(C)s1)NCCc1ccc(NC(C)=O)cc1.I. The summed E-state index contributed by atoms with van der Waals surface area (Å²) in [6.07, 6.45) is 3.65. The van der Waals surface area contributed by atoms with Crippen molar-refractivity contribution in [2.75, 3.05) is 25.0 Å². The molecule has 2 aromatic rings. The van der Waals surface area contributed by atoms with Crippen molar-refractivity contribution >= 4 is 52.9 Å². The Morgan fingerprint density at radius 3 is 2.52 bits per heavy atom. The summed E-state index contributed by atoms with van der Waals surface area (Å²) in [5, 5.41) is 10.5. The van der Waals surface area contributed by atoms with Gasteiger partial charge in [0.2, 0.25) is 5.91 Å². The van der Waals surface area contributed by atoms with Crippen LogP contribution < -0.4 is 16.0 Å². The molecule has 0 bridgehead atoms. The van der Waals surface area contributed by atoms with Crippen LogP contribution in [0.2, 0.25) is 0 Å². The van der Waals surface area contributed by atoms with Crippen LogP contribution in [0.4, 0.5) is 5.69 Å². The van der Waals surface area contributed by atoms with Gasteiger partial charge in [-0.05, 0) is 38.0 Å². The monoisotopic (exact) mass is 501 g/mol. The zero-order valence-corrected chi connectivity index (χ0v) is 19.2. The van der Waals surface area contributed by atoms with E-state index in [2.05, 4.69) is 39.8 Å². The van der Waals surface area contributed by atoms with Crippen molar-refractivity contribution in [3.8, 4) is 0 Å². The molecule has 0 aliphatic heterocycles. The number of aryl methyl sites for hydroxylation is 1. The number of amides is 1. The average molecular weight is 501 g/mol. The first-order valence-electron chi connectivity index (χ1n) is 8.87. The fourth-order valence-electron chi connectivity index (χ4n) is 2.41. The van der Waals surface area contributed by atoms with Crippen molar-refractivity contribution in [3.05, 3.63) is 45.9 Å². The van der Waals surface area contributed by atoms with Gasteiger partial charge in [0.05, 0.1) is 5.01 Å². The first-order valence-corrected chi connectivity index (χ1v) is 9.68. The molecule has 0 atom stereocenters. The molecule has 1 heterocycles. The minimum atomic E-state index is -0.0566. The van der Waals surface area contributed by atoms with Crippen LogP contribution in [0.1, 0.15) is 29.3 Å². The number of benzene rings is 1. The Morgan fingerprint density at radius 2 is 1.93 bits per heavy atom. The zero-order valence-electron chi connectivity index (χ0n) is 16.0. The summed E-state index contributed by atoms with van der Waals surface area (Å²) in [5.74, 6) is 0.773. The van der Waals surface area contributed by atoms with Crippen molar-refractivity contribution < 1.29 is 4.79 Å². The van der Waals surface area contributed by atoms with E-state index in [4.69, 9.17) is 0 Å². The lowest BCUT2D eigenvalue weighted by Crippen LogP contribution is -2.38. The molecular weight excluding hydrogens is 473 g/mol. The van der Waals surface area contributed by atoms with Crippen molar-refractivity contribution in [2.24, 2.45) is 4.99 Å². The van der Waals surface area contributed by atoms with E-state index in [1.807, 2.05) is 30.5 Å². The summed E-state index contributed by atoms with van der Waals surface area (Å²) in [6.45, 7) is 7.97. The smallest absolute Gasteiger partial charge is 0.221 e. The van der Waals surface area contributed by atoms with Gasteiger partial charge in [0.15, 0.2) is 5.96 Å². The number of halogens is 1. The molecule has 0 aliphatic rings. The first-order chi connectivity index (χ1) is 12.6. The number of carbonyl (C=O) groups excluding carboxylic acids is 1. The molecule has 27 heavy (non-hydrogen) atoms. The van der Waals surface area contributed by atoms with Crippen LogP contribution in [0.3, 0.4) is 0 Å². The van der Waals surface area contributed by atoms with Crippen LogP contribution in [-0.2, 0) is 17.6 Å². The van der Waals surface area contributed by atoms with Crippen molar-refractivity contribution in [3.63, 3.8) is 0 Å². The van der Waals surface area contributed by atoms with E-state index >= 15 is 0 Å². The summed E-state index contributed by atoms with van der Waals surface area (Å²) < 4.78 is 0. The van der Waals surface area contributed by atoms with Crippen LogP contribution in [0.25, 0.3) is 0 Å². The number of aromatic nitrogens is 1. The number of guanidine groups is 1. The highest BCUT2D eigenvalue weighted by atomic mass is 127. The van der Waals surface area contributed by atoms with Gasteiger partial charge in [0, 0.05) is 49.7 Å². The molecule has 3 N–H and O–H groups in total. The van der Waals surface area contributed by atoms with Gasteiger partial charge in [-0.1, -0.05) is 12.1 Å². The van der Waals surface area contributed by atoms with E-state index in [0.29, 0.717) is 6.54 Å². The number of nitrogens with one attached hydrogen (secondary N) is 3. The van der Waals surface area contributed by atoms with Crippen molar-refractivity contribution in [2.45, 2.75) is 33.6 Å². The summed E-state index contributed by atoms with van der Waals surface area (Å²) in [4.78, 5) is 21.3. The third-order valence-corrected chi connectivity index (χ3v) is 4.56. The Hall–Kier alpha value is -1.68. The summed E-state index contributed by atoms with van der Waals surface area (Å²) in [5.41, 5.74) is 2.03. The predicted molar refractivity (Wildman–Crippen MR) is 124 cm³/mol. The highest BCUT2D eigenvalue weighted by Gasteiger charge is 2.01. The van der Waals surface area contributed by atoms with Crippen molar-refractivity contribution in [1.82, 2.24) is 15.6 Å². The normalized spacial score (nSPS) is 10.9. The average Bonchev–Trinajstić information content (AvgIpc) is 3.01. The Bertz CT molecular complexity index is 730. The summed E-state index contributed by atoms with van der Waals surface area (Å²) in [6, 6.07) is 7.90. The first kappa shape index (κ1) is 23.4. The summed E-state index contributed by atoms with van der Waals surface area (Å²) >= 11 is 1.73. The summed E-state index contributed by atoms with van der Waals surface area (Å²) in [7, 11) is 0. The molecule has 148 valence electrons. The van der Waals surface area contributed by atoms with Crippen molar-refractivity contribution in [1.29, 1.82) is 0 Å². The number of thiazole rings is 1.